The topological polar surface area (TPSA) is 55.5 Å². The molecule has 0 saturated carbocycles. The van der Waals surface area contributed by atoms with Gasteiger partial charge in [0.2, 0.25) is 0 Å². The van der Waals surface area contributed by atoms with E-state index in [9.17, 15) is 0 Å². The molecule has 0 aromatic carbocycles. The van der Waals surface area contributed by atoms with E-state index in [1.54, 1.807) is 18.8 Å². The molecule has 2 heterocycles. The summed E-state index contributed by atoms with van der Waals surface area (Å²) in [7, 11) is 2.06. The van der Waals surface area contributed by atoms with Crippen LogP contribution in [-0.4, -0.2) is 11.9 Å². The van der Waals surface area contributed by atoms with Gasteiger partial charge in [-0.15, -0.1) is 0 Å². The van der Waals surface area contributed by atoms with Crippen LogP contribution >= 0.6 is 0 Å². The van der Waals surface area contributed by atoms with Crippen LogP contribution in [0.1, 0.15) is 16.9 Å². The minimum absolute atomic E-state index is 0.446. The normalized spacial score (nSPS) is 11.2. The van der Waals surface area contributed by atoms with Gasteiger partial charge in [0.25, 0.3) is 0 Å². The third kappa shape index (κ3) is 2.53. The molecule has 2 rings (SSSR count). The lowest BCUT2D eigenvalue weighted by molar-refractivity contribution is 0.314. The Bertz CT molecular complexity index is 420. The first-order chi connectivity index (χ1) is 7.79. The average molecular weight is 220 g/mol. The van der Waals surface area contributed by atoms with E-state index in [4.69, 9.17) is 14.6 Å². The number of nitrogens with zero attached hydrogens (tertiary/aromatic N) is 1. The molecular formula is C12H16N2O2. The zero-order chi connectivity index (χ0) is 11.4. The van der Waals surface area contributed by atoms with Crippen molar-refractivity contribution in [2.24, 2.45) is 5.73 Å². The molecule has 2 N–H and O–H groups in total. The quantitative estimate of drug-likeness (QED) is 0.837. The maximum Gasteiger partial charge on any atom is 0.121 e. The van der Waals surface area contributed by atoms with E-state index in [0.29, 0.717) is 6.54 Å². The van der Waals surface area contributed by atoms with Gasteiger partial charge in [-0.1, -0.05) is 0 Å². The standard InChI is InChI=1S/C12H16N2O2/c1-14(7-10-2-4-15-9-10)8-11-3-5-16-12(11)6-13/h2-5,9H,6-8,13H2,1H3. The lowest BCUT2D eigenvalue weighted by Crippen LogP contribution is -2.17. The van der Waals surface area contributed by atoms with Gasteiger partial charge in [-0.3, -0.25) is 4.90 Å². The third-order valence-electron chi connectivity index (χ3n) is 2.50. The monoisotopic (exact) mass is 220 g/mol. The molecule has 0 unspecified atom stereocenters. The molecule has 4 heteroatoms. The van der Waals surface area contributed by atoms with E-state index >= 15 is 0 Å². The van der Waals surface area contributed by atoms with E-state index in [1.165, 1.54) is 5.56 Å². The molecule has 0 bridgehead atoms. The summed E-state index contributed by atoms with van der Waals surface area (Å²) in [5.74, 6) is 0.860. The van der Waals surface area contributed by atoms with E-state index in [1.807, 2.05) is 12.1 Å². The van der Waals surface area contributed by atoms with E-state index in [2.05, 4.69) is 11.9 Å². The SMILES string of the molecule is CN(Cc1ccoc1)Cc1ccoc1CN. The molecule has 0 amide bonds. The first-order valence-corrected chi connectivity index (χ1v) is 5.24. The highest BCUT2D eigenvalue weighted by Crippen LogP contribution is 2.13. The summed E-state index contributed by atoms with van der Waals surface area (Å²) in [5.41, 5.74) is 7.89. The number of furan rings is 2. The molecule has 86 valence electrons. The molecule has 0 radical (unpaired) electrons. The number of rotatable bonds is 5. The van der Waals surface area contributed by atoms with Crippen LogP contribution in [0.15, 0.2) is 39.8 Å². The molecule has 0 saturated heterocycles. The van der Waals surface area contributed by atoms with Crippen LogP contribution in [0.4, 0.5) is 0 Å². The second kappa shape index (κ2) is 5.01. The summed E-state index contributed by atoms with van der Waals surface area (Å²) < 4.78 is 10.3. The van der Waals surface area contributed by atoms with Crippen molar-refractivity contribution in [2.75, 3.05) is 7.05 Å². The van der Waals surface area contributed by atoms with Gasteiger partial charge in [0.05, 0.1) is 25.3 Å². The molecule has 2 aromatic heterocycles. The average Bonchev–Trinajstić information content (AvgIpc) is 2.88. The predicted molar refractivity (Wildman–Crippen MR) is 60.5 cm³/mol. The zero-order valence-electron chi connectivity index (χ0n) is 9.35. The van der Waals surface area contributed by atoms with Gasteiger partial charge < -0.3 is 14.6 Å². The van der Waals surface area contributed by atoms with Crippen LogP contribution in [0.5, 0.6) is 0 Å². The van der Waals surface area contributed by atoms with Gasteiger partial charge in [0, 0.05) is 24.2 Å². The number of nitrogens with two attached hydrogens (primary N) is 1. The predicted octanol–water partition coefficient (Wildman–Crippen LogP) is 1.96. The van der Waals surface area contributed by atoms with Crippen LogP contribution in [0.3, 0.4) is 0 Å². The Hall–Kier alpha value is -1.52. The highest BCUT2D eigenvalue weighted by atomic mass is 16.3. The molecule has 4 nitrogen and oxygen atoms in total. The molecular weight excluding hydrogens is 204 g/mol. The van der Waals surface area contributed by atoms with Gasteiger partial charge in [0.1, 0.15) is 5.76 Å². The van der Waals surface area contributed by atoms with Gasteiger partial charge in [-0.25, -0.2) is 0 Å². The van der Waals surface area contributed by atoms with E-state index in [-0.39, 0.29) is 0 Å². The van der Waals surface area contributed by atoms with Crippen LogP contribution in [0.25, 0.3) is 0 Å². The van der Waals surface area contributed by atoms with Crippen molar-refractivity contribution in [1.29, 1.82) is 0 Å². The summed E-state index contributed by atoms with van der Waals surface area (Å²) in [6, 6.07) is 3.93. The van der Waals surface area contributed by atoms with Crippen molar-refractivity contribution in [3.05, 3.63) is 47.8 Å². The highest BCUT2D eigenvalue weighted by molar-refractivity contribution is 5.17. The smallest absolute Gasteiger partial charge is 0.121 e. The van der Waals surface area contributed by atoms with Crippen molar-refractivity contribution in [3.8, 4) is 0 Å². The minimum atomic E-state index is 0.446. The third-order valence-corrected chi connectivity index (χ3v) is 2.50. The Morgan fingerprint density at radius 3 is 2.81 bits per heavy atom. The summed E-state index contributed by atoms with van der Waals surface area (Å²) in [6.45, 7) is 2.13. The van der Waals surface area contributed by atoms with Crippen molar-refractivity contribution in [1.82, 2.24) is 4.90 Å². The minimum Gasteiger partial charge on any atom is -0.472 e. The molecule has 16 heavy (non-hydrogen) atoms. The fourth-order valence-corrected chi connectivity index (χ4v) is 1.73. The van der Waals surface area contributed by atoms with E-state index in [0.717, 1.165) is 24.4 Å². The lowest BCUT2D eigenvalue weighted by atomic mass is 10.2. The van der Waals surface area contributed by atoms with Gasteiger partial charge in [0.15, 0.2) is 0 Å². The Balaban J connectivity index is 1.94. The maximum absolute atomic E-state index is 5.58. The molecule has 0 spiro atoms. The molecule has 0 aliphatic carbocycles. The molecule has 0 atom stereocenters. The fraction of sp³-hybridized carbons (Fsp3) is 0.333. The highest BCUT2D eigenvalue weighted by Gasteiger charge is 2.08. The van der Waals surface area contributed by atoms with Crippen LogP contribution in [-0.2, 0) is 19.6 Å². The molecule has 0 fully saturated rings. The summed E-state index contributed by atoms with van der Waals surface area (Å²) in [4.78, 5) is 2.19. The zero-order valence-corrected chi connectivity index (χ0v) is 9.35. The largest absolute Gasteiger partial charge is 0.472 e. The second-order valence-corrected chi connectivity index (χ2v) is 3.88. The summed E-state index contributed by atoms with van der Waals surface area (Å²) >= 11 is 0. The van der Waals surface area contributed by atoms with Gasteiger partial charge in [-0.05, 0) is 19.2 Å². The van der Waals surface area contributed by atoms with Crippen molar-refractivity contribution in [3.63, 3.8) is 0 Å². The fourth-order valence-electron chi connectivity index (χ4n) is 1.73. The molecule has 0 aliphatic rings. The van der Waals surface area contributed by atoms with Gasteiger partial charge >= 0.3 is 0 Å². The Kier molecular flexibility index (Phi) is 3.44. The second-order valence-electron chi connectivity index (χ2n) is 3.88. The molecule has 2 aromatic rings. The Morgan fingerprint density at radius 2 is 2.12 bits per heavy atom. The number of hydrogen-bond acceptors (Lipinski definition) is 4. The van der Waals surface area contributed by atoms with Crippen molar-refractivity contribution < 1.29 is 8.83 Å². The lowest BCUT2D eigenvalue weighted by Gasteiger charge is -2.15. The molecule has 0 aliphatic heterocycles. The summed E-state index contributed by atoms with van der Waals surface area (Å²) in [6.07, 6.45) is 5.13. The number of hydrogen-bond donors (Lipinski definition) is 1. The Morgan fingerprint density at radius 1 is 1.25 bits per heavy atom. The first-order valence-electron chi connectivity index (χ1n) is 5.24. The van der Waals surface area contributed by atoms with Gasteiger partial charge in [-0.2, -0.15) is 0 Å². The maximum atomic E-state index is 5.58. The Labute approximate surface area is 94.6 Å². The van der Waals surface area contributed by atoms with Crippen LogP contribution < -0.4 is 5.73 Å². The van der Waals surface area contributed by atoms with Crippen molar-refractivity contribution >= 4 is 0 Å². The first kappa shape index (κ1) is 11.0. The van der Waals surface area contributed by atoms with Crippen molar-refractivity contribution in [2.45, 2.75) is 19.6 Å². The summed E-state index contributed by atoms with van der Waals surface area (Å²) in [5, 5.41) is 0. The van der Waals surface area contributed by atoms with Crippen LogP contribution in [0, 0.1) is 0 Å². The van der Waals surface area contributed by atoms with E-state index < -0.39 is 0 Å². The van der Waals surface area contributed by atoms with Crippen LogP contribution in [0.2, 0.25) is 0 Å².